The van der Waals surface area contributed by atoms with E-state index in [1.165, 1.54) is 121 Å². The van der Waals surface area contributed by atoms with Crippen molar-refractivity contribution in [1.29, 1.82) is 0 Å². The molecule has 6 saturated carbocycles. The van der Waals surface area contributed by atoms with Crippen molar-refractivity contribution >= 4 is 17.1 Å². The Balaban J connectivity index is 1.04. The van der Waals surface area contributed by atoms with Gasteiger partial charge in [0.2, 0.25) is 0 Å². The van der Waals surface area contributed by atoms with E-state index in [-0.39, 0.29) is 10.8 Å². The highest BCUT2D eigenvalue weighted by Crippen LogP contribution is 2.70. The largest absolute Gasteiger partial charge is 0.310 e. The van der Waals surface area contributed by atoms with Crippen molar-refractivity contribution in [2.75, 3.05) is 4.90 Å². The number of benzene rings is 6. The van der Waals surface area contributed by atoms with Gasteiger partial charge in [-0.15, -0.1) is 0 Å². The molecule has 1 heteroatoms. The number of nitrogens with zero attached hydrogens (tertiary/aromatic N) is 1. The Bertz CT molecular complexity index is 2560. The van der Waals surface area contributed by atoms with Crippen molar-refractivity contribution in [1.82, 2.24) is 0 Å². The lowest BCUT2D eigenvalue weighted by Crippen LogP contribution is -2.55. The number of anilines is 3. The van der Waals surface area contributed by atoms with Crippen molar-refractivity contribution in [3.8, 4) is 33.4 Å². The van der Waals surface area contributed by atoms with Crippen LogP contribution < -0.4 is 4.90 Å². The molecule has 6 bridgehead atoms. The first-order valence-corrected chi connectivity index (χ1v) is 23.1. The molecule has 0 aromatic heterocycles. The first-order valence-electron chi connectivity index (χ1n) is 23.1. The van der Waals surface area contributed by atoms with Gasteiger partial charge in [0, 0.05) is 27.8 Å². The van der Waals surface area contributed by atoms with E-state index >= 15 is 0 Å². The summed E-state index contributed by atoms with van der Waals surface area (Å²) in [5, 5.41) is 0. The summed E-state index contributed by atoms with van der Waals surface area (Å²) in [6, 6.07) is 54.9. The molecular weight excluding hydrogens is 699 g/mol. The highest BCUT2D eigenvalue weighted by atomic mass is 15.1. The molecule has 4 unspecified atom stereocenters. The van der Waals surface area contributed by atoms with Crippen molar-refractivity contribution in [3.05, 3.63) is 162 Å². The molecule has 6 fully saturated rings. The summed E-state index contributed by atoms with van der Waals surface area (Å²) in [4.78, 5) is 2.65. The summed E-state index contributed by atoms with van der Waals surface area (Å²) >= 11 is 0. The predicted molar refractivity (Wildman–Crippen MR) is 240 cm³/mol. The van der Waals surface area contributed by atoms with E-state index in [0.29, 0.717) is 11.8 Å². The molecule has 0 radical (unpaired) electrons. The van der Waals surface area contributed by atoms with Crippen molar-refractivity contribution in [2.24, 2.45) is 41.4 Å². The minimum atomic E-state index is 0.0704. The summed E-state index contributed by atoms with van der Waals surface area (Å²) in [5.41, 5.74) is 19.0. The second kappa shape index (κ2) is 12.6. The normalized spacial score (nSPS) is 31.6. The summed E-state index contributed by atoms with van der Waals surface area (Å²) < 4.78 is 0. The molecular formula is C57H55N. The summed E-state index contributed by atoms with van der Waals surface area (Å²) in [6.45, 7) is 2.49. The molecule has 2 spiro atoms. The van der Waals surface area contributed by atoms with Crippen LogP contribution >= 0.6 is 0 Å². The van der Waals surface area contributed by atoms with Crippen LogP contribution in [0.1, 0.15) is 99.8 Å². The molecule has 8 aliphatic carbocycles. The van der Waals surface area contributed by atoms with Crippen LogP contribution in [0.4, 0.5) is 17.1 Å². The summed E-state index contributed by atoms with van der Waals surface area (Å²) in [7, 11) is 0. The van der Waals surface area contributed by atoms with Gasteiger partial charge in [-0.2, -0.15) is 0 Å². The molecule has 0 aliphatic heterocycles. The fourth-order valence-corrected chi connectivity index (χ4v) is 15.9. The molecule has 58 heavy (non-hydrogen) atoms. The molecule has 0 amide bonds. The van der Waals surface area contributed by atoms with Gasteiger partial charge in [0.05, 0.1) is 5.69 Å². The quantitative estimate of drug-likeness (QED) is 0.169. The number of hydrogen-bond acceptors (Lipinski definition) is 1. The molecule has 0 heterocycles. The molecule has 288 valence electrons. The number of hydrogen-bond donors (Lipinski definition) is 0. The van der Waals surface area contributed by atoms with Crippen molar-refractivity contribution < 1.29 is 0 Å². The molecule has 0 saturated heterocycles. The lowest BCUT2D eigenvalue weighted by molar-refractivity contribution is -0.0399. The topological polar surface area (TPSA) is 3.24 Å². The maximum absolute atomic E-state index is 2.69. The minimum absolute atomic E-state index is 0.0704. The van der Waals surface area contributed by atoms with Gasteiger partial charge in [0.15, 0.2) is 0 Å². The Kier molecular flexibility index (Phi) is 7.37. The molecule has 14 rings (SSSR count). The van der Waals surface area contributed by atoms with Gasteiger partial charge in [-0.05, 0) is 173 Å². The first-order chi connectivity index (χ1) is 28.7. The zero-order chi connectivity index (χ0) is 38.2. The van der Waals surface area contributed by atoms with E-state index in [1.807, 2.05) is 0 Å². The predicted octanol–water partition coefficient (Wildman–Crippen LogP) is 15.0. The Morgan fingerprint density at radius 1 is 0.448 bits per heavy atom. The molecule has 0 N–H and O–H groups in total. The maximum Gasteiger partial charge on any atom is 0.0540 e. The van der Waals surface area contributed by atoms with Crippen LogP contribution in [0.25, 0.3) is 33.4 Å². The fourth-order valence-electron chi connectivity index (χ4n) is 15.9. The lowest BCUT2D eigenvalue weighted by Gasteiger charge is -2.61. The smallest absolute Gasteiger partial charge is 0.0540 e. The van der Waals surface area contributed by atoms with E-state index < -0.39 is 0 Å². The van der Waals surface area contributed by atoms with Gasteiger partial charge >= 0.3 is 0 Å². The molecule has 4 atom stereocenters. The van der Waals surface area contributed by atoms with Gasteiger partial charge in [-0.1, -0.05) is 135 Å². The average Bonchev–Trinajstić information content (AvgIpc) is 3.72. The zero-order valence-corrected chi connectivity index (χ0v) is 34.0. The minimum Gasteiger partial charge on any atom is -0.310 e. The lowest BCUT2D eigenvalue weighted by atomic mass is 9.43. The first kappa shape index (κ1) is 34.0. The zero-order valence-electron chi connectivity index (χ0n) is 34.0. The highest BCUT2D eigenvalue weighted by Gasteiger charge is 2.62. The highest BCUT2D eigenvalue weighted by molar-refractivity contribution is 5.93. The van der Waals surface area contributed by atoms with Gasteiger partial charge in [0.1, 0.15) is 0 Å². The van der Waals surface area contributed by atoms with Crippen LogP contribution in [0.3, 0.4) is 0 Å². The Labute approximate surface area is 345 Å². The molecule has 6 aromatic carbocycles. The Hall–Kier alpha value is -4.88. The van der Waals surface area contributed by atoms with E-state index in [9.17, 15) is 0 Å². The van der Waals surface area contributed by atoms with Gasteiger partial charge in [0.25, 0.3) is 0 Å². The van der Waals surface area contributed by atoms with E-state index in [1.54, 1.807) is 22.3 Å². The Morgan fingerprint density at radius 3 is 1.79 bits per heavy atom. The molecule has 6 aromatic rings. The Morgan fingerprint density at radius 2 is 1.03 bits per heavy atom. The number of fused-ring (bicyclic) bond motifs is 11. The number of para-hydroxylation sites is 1. The van der Waals surface area contributed by atoms with E-state index in [4.69, 9.17) is 0 Å². The number of rotatable bonds is 5. The van der Waals surface area contributed by atoms with Crippen LogP contribution in [-0.4, -0.2) is 0 Å². The second-order valence-corrected chi connectivity index (χ2v) is 19.9. The van der Waals surface area contributed by atoms with Gasteiger partial charge in [-0.3, -0.25) is 0 Å². The fraction of sp³-hybridized carbons (Fsp3) is 0.368. The van der Waals surface area contributed by atoms with Crippen molar-refractivity contribution in [3.63, 3.8) is 0 Å². The molecule has 8 aliphatic rings. The van der Waals surface area contributed by atoms with Gasteiger partial charge in [-0.25, -0.2) is 0 Å². The van der Waals surface area contributed by atoms with E-state index in [2.05, 4.69) is 151 Å². The van der Waals surface area contributed by atoms with Crippen LogP contribution in [0.5, 0.6) is 0 Å². The van der Waals surface area contributed by atoms with Crippen LogP contribution in [-0.2, 0) is 10.8 Å². The third kappa shape index (κ3) is 4.44. The van der Waals surface area contributed by atoms with Gasteiger partial charge < -0.3 is 4.90 Å². The third-order valence-corrected chi connectivity index (χ3v) is 17.6. The van der Waals surface area contributed by atoms with Crippen LogP contribution in [0.15, 0.2) is 140 Å². The summed E-state index contributed by atoms with van der Waals surface area (Å²) in [6.07, 6.45) is 15.3. The van der Waals surface area contributed by atoms with Crippen LogP contribution in [0.2, 0.25) is 0 Å². The maximum atomic E-state index is 2.69. The van der Waals surface area contributed by atoms with Crippen LogP contribution in [0, 0.1) is 41.4 Å². The SMILES string of the molecule is CCC1CC2CCCC(C2)C12c1ccccc1-c1ccc(N(c3ccc4c(c3)-c3ccccc3C43C4CC5CC(C4)CC3C5)c3ccccc3-c3ccccc3)cc12. The molecule has 1 nitrogen and oxygen atoms in total. The summed E-state index contributed by atoms with van der Waals surface area (Å²) in [5.74, 6) is 5.66. The second-order valence-electron chi connectivity index (χ2n) is 19.9. The third-order valence-electron chi connectivity index (χ3n) is 17.6. The van der Waals surface area contributed by atoms with Crippen molar-refractivity contribution in [2.45, 2.75) is 88.4 Å². The monoisotopic (exact) mass is 753 g/mol. The average molecular weight is 754 g/mol. The van der Waals surface area contributed by atoms with E-state index in [0.717, 1.165) is 29.6 Å². The standard InChI is InChI=1S/C57H55N/c1-2-40-28-36-13-12-16-41(29-36)56(40)51-20-9-6-18-47(51)49-25-23-45(35-54(49)56)58(55-22-11-8-17-46(55)39-14-4-3-5-15-39)44-24-26-53-50(34-44)48-19-7-10-21-52(48)57(53)42-30-37-27-38(32-42)33-43(57)31-37/h3-11,14-15,17-26,34-38,40-43H,2,12-13,16,27-33H2,1H3.